The molecule has 0 saturated carbocycles. The van der Waals surface area contributed by atoms with Crippen molar-refractivity contribution in [1.82, 2.24) is 10.2 Å². The Labute approximate surface area is 223 Å². The smallest absolute Gasteiger partial charge is 0.407 e. The van der Waals surface area contributed by atoms with Gasteiger partial charge in [0, 0.05) is 35.7 Å². The normalized spacial score (nSPS) is 16.5. The van der Waals surface area contributed by atoms with Gasteiger partial charge in [-0.25, -0.2) is 4.79 Å². The van der Waals surface area contributed by atoms with Gasteiger partial charge in [0.25, 0.3) is 0 Å². The molecule has 0 radical (unpaired) electrons. The van der Waals surface area contributed by atoms with Gasteiger partial charge in [0.2, 0.25) is 5.91 Å². The summed E-state index contributed by atoms with van der Waals surface area (Å²) in [5, 5.41) is 3.16. The Bertz CT molecular complexity index is 1130. The monoisotopic (exact) mass is 518 g/mol. The highest BCUT2D eigenvalue weighted by Crippen LogP contribution is 2.38. The molecule has 0 unspecified atom stereocenters. The zero-order valence-electron chi connectivity index (χ0n) is 21.2. The number of thioether (sulfide) groups is 1. The molecule has 3 aromatic carbocycles. The highest BCUT2D eigenvalue weighted by Gasteiger charge is 2.25. The molecule has 2 atom stereocenters. The van der Waals surface area contributed by atoms with Crippen molar-refractivity contribution < 1.29 is 19.1 Å². The van der Waals surface area contributed by atoms with Crippen LogP contribution in [-0.2, 0) is 16.1 Å². The van der Waals surface area contributed by atoms with Gasteiger partial charge in [0.1, 0.15) is 12.4 Å². The fraction of sp³-hybridized carbons (Fsp3) is 0.333. The molecule has 3 aromatic rings. The minimum Gasteiger partial charge on any atom is -0.497 e. The molecule has 1 aliphatic rings. The Morgan fingerprint density at radius 2 is 1.70 bits per heavy atom. The predicted molar refractivity (Wildman–Crippen MR) is 147 cm³/mol. The second-order valence-electron chi connectivity index (χ2n) is 9.09. The molecule has 1 saturated heterocycles. The van der Waals surface area contributed by atoms with Crippen molar-refractivity contribution in [3.05, 3.63) is 96.1 Å². The van der Waals surface area contributed by atoms with Crippen molar-refractivity contribution in [2.75, 3.05) is 20.2 Å². The number of hydrogen-bond acceptors (Lipinski definition) is 5. The van der Waals surface area contributed by atoms with Gasteiger partial charge in [-0.2, -0.15) is 0 Å². The van der Waals surface area contributed by atoms with Gasteiger partial charge >= 0.3 is 6.09 Å². The van der Waals surface area contributed by atoms with E-state index in [1.807, 2.05) is 53.4 Å². The molecule has 6 nitrogen and oxygen atoms in total. The summed E-state index contributed by atoms with van der Waals surface area (Å²) >= 11 is 1.80. The third-order valence-corrected chi connectivity index (χ3v) is 7.85. The average Bonchev–Trinajstić information content (AvgIpc) is 3.12. The van der Waals surface area contributed by atoms with E-state index in [4.69, 9.17) is 9.47 Å². The SMILES string of the molecule is COc1ccc(S[C@@H](CCN2CC[C@H](NC(=O)OCc3ccccc3)CCC2=O)c2ccccc2)cc1. The van der Waals surface area contributed by atoms with E-state index < -0.39 is 6.09 Å². The summed E-state index contributed by atoms with van der Waals surface area (Å²) in [5.41, 5.74) is 2.19. The van der Waals surface area contributed by atoms with Crippen molar-refractivity contribution >= 4 is 23.8 Å². The topological polar surface area (TPSA) is 67.9 Å². The minimum atomic E-state index is -0.435. The first-order valence-corrected chi connectivity index (χ1v) is 13.6. The van der Waals surface area contributed by atoms with Gasteiger partial charge < -0.3 is 19.7 Å². The predicted octanol–water partition coefficient (Wildman–Crippen LogP) is 6.23. The Kier molecular flexibility index (Phi) is 9.89. The number of amides is 2. The van der Waals surface area contributed by atoms with Gasteiger partial charge in [-0.3, -0.25) is 4.79 Å². The van der Waals surface area contributed by atoms with E-state index in [0.29, 0.717) is 32.4 Å². The maximum Gasteiger partial charge on any atom is 0.407 e. The molecular weight excluding hydrogens is 484 g/mol. The lowest BCUT2D eigenvalue weighted by molar-refractivity contribution is -0.130. The molecule has 4 rings (SSSR count). The highest BCUT2D eigenvalue weighted by atomic mass is 32.2. The summed E-state index contributed by atoms with van der Waals surface area (Å²) in [5.74, 6) is 0.978. The Hall–Kier alpha value is -3.45. The van der Waals surface area contributed by atoms with Crippen molar-refractivity contribution in [3.63, 3.8) is 0 Å². The zero-order chi connectivity index (χ0) is 25.9. The fourth-order valence-corrected chi connectivity index (χ4v) is 5.54. The van der Waals surface area contributed by atoms with Crippen molar-refractivity contribution in [1.29, 1.82) is 0 Å². The fourth-order valence-electron chi connectivity index (χ4n) is 4.40. The molecule has 0 aliphatic carbocycles. The number of rotatable bonds is 10. The number of ether oxygens (including phenoxy) is 2. The lowest BCUT2D eigenvalue weighted by Crippen LogP contribution is -2.36. The van der Waals surface area contributed by atoms with E-state index in [0.717, 1.165) is 22.6 Å². The summed E-state index contributed by atoms with van der Waals surface area (Å²) in [7, 11) is 1.67. The molecule has 0 spiro atoms. The van der Waals surface area contributed by atoms with Crippen LogP contribution in [0.4, 0.5) is 4.79 Å². The summed E-state index contributed by atoms with van der Waals surface area (Å²) < 4.78 is 10.7. The van der Waals surface area contributed by atoms with E-state index in [2.05, 4.69) is 41.7 Å². The van der Waals surface area contributed by atoms with Gasteiger partial charge in [-0.15, -0.1) is 11.8 Å². The Morgan fingerprint density at radius 1 is 1.00 bits per heavy atom. The molecule has 1 aliphatic heterocycles. The zero-order valence-corrected chi connectivity index (χ0v) is 22.0. The van der Waals surface area contributed by atoms with Crippen LogP contribution < -0.4 is 10.1 Å². The summed E-state index contributed by atoms with van der Waals surface area (Å²) in [6.45, 7) is 1.53. The number of hydrogen-bond donors (Lipinski definition) is 1. The number of nitrogens with zero attached hydrogens (tertiary/aromatic N) is 1. The molecule has 2 amide bonds. The van der Waals surface area contributed by atoms with Crippen LogP contribution in [0.3, 0.4) is 0 Å². The molecule has 194 valence electrons. The van der Waals surface area contributed by atoms with E-state index in [1.165, 1.54) is 5.56 Å². The maximum absolute atomic E-state index is 12.9. The van der Waals surface area contributed by atoms with Crippen LogP contribution in [0.15, 0.2) is 89.8 Å². The number of likely N-dealkylation sites (tertiary alicyclic amines) is 1. The maximum atomic E-state index is 12.9. The van der Waals surface area contributed by atoms with Crippen LogP contribution >= 0.6 is 11.8 Å². The van der Waals surface area contributed by atoms with E-state index in [1.54, 1.807) is 18.9 Å². The quantitative estimate of drug-likeness (QED) is 0.323. The number of carbonyl (C=O) groups is 2. The Balaban J connectivity index is 1.30. The van der Waals surface area contributed by atoms with Gasteiger partial charge in [0.15, 0.2) is 0 Å². The molecule has 37 heavy (non-hydrogen) atoms. The standard InChI is InChI=1S/C30H34N2O4S/c1-35-26-13-15-27(16-14-26)37-28(24-10-6-3-7-11-24)19-21-32-20-18-25(12-17-29(32)33)31-30(34)36-22-23-8-4-2-5-9-23/h2-11,13-16,25,28H,12,17-22H2,1H3,(H,31,34)/t25-,28+/m1/s1. The van der Waals surface area contributed by atoms with Crippen molar-refractivity contribution in [2.24, 2.45) is 0 Å². The number of carbonyl (C=O) groups excluding carboxylic acids is 2. The summed E-state index contributed by atoms with van der Waals surface area (Å²) in [6, 6.07) is 28.1. The van der Waals surface area contributed by atoms with Gasteiger partial charge in [0.05, 0.1) is 7.11 Å². The first-order valence-electron chi connectivity index (χ1n) is 12.7. The summed E-state index contributed by atoms with van der Waals surface area (Å²) in [4.78, 5) is 28.3. The van der Waals surface area contributed by atoms with Crippen LogP contribution in [-0.4, -0.2) is 43.1 Å². The second kappa shape index (κ2) is 13.7. The van der Waals surface area contributed by atoms with Crippen molar-refractivity contribution in [3.8, 4) is 5.75 Å². The molecule has 1 heterocycles. The number of methoxy groups -OCH3 is 1. The first kappa shape index (κ1) is 26.6. The van der Waals surface area contributed by atoms with Gasteiger partial charge in [-0.05, 0) is 54.7 Å². The first-order chi connectivity index (χ1) is 18.1. The lowest BCUT2D eigenvalue weighted by atomic mass is 10.1. The molecule has 0 bridgehead atoms. The molecule has 0 aromatic heterocycles. The highest BCUT2D eigenvalue weighted by molar-refractivity contribution is 7.99. The van der Waals surface area contributed by atoms with Gasteiger partial charge in [-0.1, -0.05) is 60.7 Å². The number of nitrogens with one attached hydrogen (secondary N) is 1. The number of benzene rings is 3. The van der Waals surface area contributed by atoms with E-state index in [9.17, 15) is 9.59 Å². The third-order valence-electron chi connectivity index (χ3n) is 6.51. The number of alkyl carbamates (subject to hydrolysis) is 1. The lowest BCUT2D eigenvalue weighted by Gasteiger charge is -2.24. The van der Waals surface area contributed by atoms with Crippen LogP contribution in [0.2, 0.25) is 0 Å². The molecule has 1 fully saturated rings. The van der Waals surface area contributed by atoms with Crippen LogP contribution in [0.5, 0.6) is 5.75 Å². The largest absolute Gasteiger partial charge is 0.497 e. The third kappa shape index (κ3) is 8.29. The summed E-state index contributed by atoms with van der Waals surface area (Å²) in [6.07, 6.45) is 2.16. The average molecular weight is 519 g/mol. The minimum absolute atomic E-state index is 0.0733. The van der Waals surface area contributed by atoms with Crippen molar-refractivity contribution in [2.45, 2.75) is 48.5 Å². The van der Waals surface area contributed by atoms with E-state index >= 15 is 0 Å². The van der Waals surface area contributed by atoms with E-state index in [-0.39, 0.29) is 23.8 Å². The molecule has 7 heteroatoms. The molecular formula is C30H34N2O4S. The second-order valence-corrected chi connectivity index (χ2v) is 10.4. The van der Waals surface area contributed by atoms with Crippen LogP contribution in [0, 0.1) is 0 Å². The molecule has 1 N–H and O–H groups in total. The Morgan fingerprint density at radius 3 is 2.41 bits per heavy atom. The van der Waals surface area contributed by atoms with Crippen LogP contribution in [0.1, 0.15) is 42.1 Å². The van der Waals surface area contributed by atoms with Crippen LogP contribution in [0.25, 0.3) is 0 Å².